The number of allylic oxidation sites excluding steroid dienone is 12. The highest BCUT2D eigenvalue weighted by atomic mass is 16.7. The Morgan fingerprint density at radius 1 is 0.365 bits per heavy atom. The molecule has 0 aromatic rings. The molecule has 0 spiro atoms. The molecule has 0 radical (unpaired) electrons. The lowest BCUT2D eigenvalue weighted by atomic mass is 10.0. The number of hydrogen-bond acceptors (Lipinski definition) is 8. The second kappa shape index (κ2) is 66.7. The molecular weight excluding hydrogens is 1050 g/mol. The minimum Gasteiger partial charge on any atom is -0.545 e. The first-order chi connectivity index (χ1) is 41.6. The maximum atomic E-state index is 12.9. The average Bonchev–Trinajstić information content (AvgIpc) is 3.49. The molecule has 85 heavy (non-hydrogen) atoms. The fourth-order valence-electron chi connectivity index (χ4n) is 10.5. The molecule has 0 aromatic carbocycles. The monoisotopic (exact) mass is 1190 g/mol. The van der Waals surface area contributed by atoms with Crippen LogP contribution in [0.4, 0.5) is 0 Å². The number of rotatable bonds is 67. The lowest BCUT2D eigenvalue weighted by molar-refractivity contribution is -0.870. The third-order valence-electron chi connectivity index (χ3n) is 16.0. The smallest absolute Gasteiger partial charge is 0.306 e. The zero-order chi connectivity index (χ0) is 61.9. The first-order valence-electron chi connectivity index (χ1n) is 36.1. The Labute approximate surface area is 526 Å². The van der Waals surface area contributed by atoms with Crippen molar-refractivity contribution in [3.63, 3.8) is 0 Å². The number of carbonyl (C=O) groups is 3. The number of carboxylic acid groups (broad SMARTS) is 1. The van der Waals surface area contributed by atoms with Crippen molar-refractivity contribution in [1.82, 2.24) is 0 Å². The van der Waals surface area contributed by atoms with Gasteiger partial charge in [0.25, 0.3) is 0 Å². The van der Waals surface area contributed by atoms with Gasteiger partial charge in [-0.25, -0.2) is 0 Å². The summed E-state index contributed by atoms with van der Waals surface area (Å²) in [5, 5.41) is 11.8. The minimum absolute atomic E-state index is 0.148. The van der Waals surface area contributed by atoms with Crippen molar-refractivity contribution < 1.29 is 42.9 Å². The van der Waals surface area contributed by atoms with Gasteiger partial charge in [-0.05, 0) is 64.2 Å². The van der Waals surface area contributed by atoms with Crippen molar-refractivity contribution in [3.05, 3.63) is 72.9 Å². The third kappa shape index (κ3) is 68.1. The molecule has 9 nitrogen and oxygen atoms in total. The van der Waals surface area contributed by atoms with E-state index in [1.807, 2.05) is 21.1 Å². The van der Waals surface area contributed by atoms with Gasteiger partial charge in [0.05, 0.1) is 40.3 Å². The van der Waals surface area contributed by atoms with Gasteiger partial charge in [0.2, 0.25) is 0 Å². The Hall–Kier alpha value is -3.27. The molecule has 494 valence electrons. The lowest BCUT2D eigenvalue weighted by Crippen LogP contribution is -2.44. The van der Waals surface area contributed by atoms with Crippen LogP contribution in [0.5, 0.6) is 0 Å². The van der Waals surface area contributed by atoms with Crippen molar-refractivity contribution in [2.75, 3.05) is 47.5 Å². The van der Waals surface area contributed by atoms with Gasteiger partial charge in [-0.1, -0.05) is 331 Å². The normalized spacial score (nSPS) is 13.1. The average molecular weight is 1190 g/mol. The van der Waals surface area contributed by atoms with E-state index in [4.69, 9.17) is 18.9 Å². The summed E-state index contributed by atoms with van der Waals surface area (Å²) in [5.41, 5.74) is 0. The van der Waals surface area contributed by atoms with E-state index < -0.39 is 24.3 Å². The second-order valence-corrected chi connectivity index (χ2v) is 25.5. The number of quaternary nitrogens is 1. The molecule has 0 rings (SSSR count). The summed E-state index contributed by atoms with van der Waals surface area (Å²) in [6.07, 6.45) is 85.6. The van der Waals surface area contributed by atoms with Crippen molar-refractivity contribution in [3.8, 4) is 0 Å². The molecule has 2 atom stereocenters. The number of nitrogens with zero attached hydrogens (tertiary/aromatic N) is 1. The topological polar surface area (TPSA) is 111 Å². The summed E-state index contributed by atoms with van der Waals surface area (Å²) in [5.74, 6) is -2.26. The van der Waals surface area contributed by atoms with E-state index in [0.29, 0.717) is 23.9 Å². The molecule has 0 aliphatic rings. The Balaban J connectivity index is 4.08. The van der Waals surface area contributed by atoms with Gasteiger partial charge in [-0.2, -0.15) is 0 Å². The minimum atomic E-state index is -1.62. The van der Waals surface area contributed by atoms with E-state index >= 15 is 0 Å². The fourth-order valence-corrected chi connectivity index (χ4v) is 10.5. The van der Waals surface area contributed by atoms with Crippen LogP contribution in [0.15, 0.2) is 72.9 Å². The summed E-state index contributed by atoms with van der Waals surface area (Å²) < 4.78 is 22.8. The van der Waals surface area contributed by atoms with Crippen LogP contribution < -0.4 is 5.11 Å². The summed E-state index contributed by atoms with van der Waals surface area (Å²) in [7, 11) is 5.94. The van der Waals surface area contributed by atoms with E-state index in [1.54, 1.807) is 0 Å². The molecule has 0 saturated carbocycles. The number of likely N-dealkylation sites (N-methyl/N-ethyl adjacent to an activating group) is 1. The SMILES string of the molecule is CC/C=C\C/C=C\C/C=C\C/C=C\C/C=C\C/C=C\CCCCCCCCCCCCCCCCC(=O)OC(COC(=O)CCCCCCCCCCCCCCCCCCCCCCCCCCCCC)COC(OCC[N+](C)(C)C)C(=O)[O-]. The molecule has 0 fully saturated rings. The van der Waals surface area contributed by atoms with E-state index in [-0.39, 0.29) is 32.2 Å². The molecule has 0 amide bonds. The number of carbonyl (C=O) groups excluding carboxylic acids is 3. The van der Waals surface area contributed by atoms with Crippen LogP contribution >= 0.6 is 0 Å². The van der Waals surface area contributed by atoms with Crippen LogP contribution in [0.1, 0.15) is 335 Å². The van der Waals surface area contributed by atoms with Crippen molar-refractivity contribution in [2.45, 2.75) is 347 Å². The highest BCUT2D eigenvalue weighted by Crippen LogP contribution is 2.19. The van der Waals surface area contributed by atoms with Crippen molar-refractivity contribution in [2.24, 2.45) is 0 Å². The Morgan fingerprint density at radius 3 is 1.00 bits per heavy atom. The van der Waals surface area contributed by atoms with Crippen LogP contribution in [0, 0.1) is 0 Å². The van der Waals surface area contributed by atoms with Crippen LogP contribution in [0.2, 0.25) is 0 Å². The molecule has 0 N–H and O–H groups in total. The third-order valence-corrected chi connectivity index (χ3v) is 16.0. The number of ether oxygens (including phenoxy) is 4. The van der Waals surface area contributed by atoms with Gasteiger partial charge in [0.1, 0.15) is 13.2 Å². The zero-order valence-electron chi connectivity index (χ0n) is 56.5. The Morgan fingerprint density at radius 2 is 0.671 bits per heavy atom. The predicted molar refractivity (Wildman–Crippen MR) is 361 cm³/mol. The number of aliphatic carboxylic acids is 1. The summed E-state index contributed by atoms with van der Waals surface area (Å²) in [4.78, 5) is 37.5. The molecule has 0 aromatic heterocycles. The molecule has 0 saturated heterocycles. The van der Waals surface area contributed by atoms with Gasteiger partial charge in [0.15, 0.2) is 12.4 Å². The second-order valence-electron chi connectivity index (χ2n) is 25.5. The van der Waals surface area contributed by atoms with Gasteiger partial charge in [0, 0.05) is 12.8 Å². The molecule has 0 aliphatic carbocycles. The summed E-state index contributed by atoms with van der Waals surface area (Å²) >= 11 is 0. The largest absolute Gasteiger partial charge is 0.545 e. The van der Waals surface area contributed by atoms with E-state index in [2.05, 4.69) is 86.8 Å². The van der Waals surface area contributed by atoms with Crippen LogP contribution in [0.25, 0.3) is 0 Å². The van der Waals surface area contributed by atoms with Crippen molar-refractivity contribution in [1.29, 1.82) is 0 Å². The predicted octanol–water partition coefficient (Wildman–Crippen LogP) is 21.1. The number of carboxylic acids is 1. The molecule has 0 heterocycles. The highest BCUT2D eigenvalue weighted by Gasteiger charge is 2.22. The van der Waals surface area contributed by atoms with Crippen LogP contribution in [-0.4, -0.2) is 82.3 Å². The van der Waals surface area contributed by atoms with Gasteiger partial charge in [-0.15, -0.1) is 0 Å². The van der Waals surface area contributed by atoms with Crippen LogP contribution in [0.3, 0.4) is 0 Å². The lowest BCUT2D eigenvalue weighted by Gasteiger charge is -2.26. The maximum absolute atomic E-state index is 12.9. The first kappa shape index (κ1) is 81.7. The van der Waals surface area contributed by atoms with Crippen molar-refractivity contribution >= 4 is 17.9 Å². The number of unbranched alkanes of at least 4 members (excludes halogenated alkanes) is 40. The first-order valence-corrected chi connectivity index (χ1v) is 36.1. The van der Waals surface area contributed by atoms with Gasteiger partial charge in [-0.3, -0.25) is 9.59 Å². The number of esters is 2. The van der Waals surface area contributed by atoms with Crippen LogP contribution in [-0.2, 0) is 33.3 Å². The summed E-state index contributed by atoms with van der Waals surface area (Å²) in [6, 6.07) is 0. The van der Waals surface area contributed by atoms with Gasteiger partial charge < -0.3 is 33.3 Å². The Kier molecular flexibility index (Phi) is 64.1. The van der Waals surface area contributed by atoms with E-state index in [9.17, 15) is 19.5 Å². The molecular formula is C76H137NO8. The van der Waals surface area contributed by atoms with Gasteiger partial charge >= 0.3 is 11.9 Å². The number of hydrogen-bond donors (Lipinski definition) is 0. The molecule has 0 aliphatic heterocycles. The van der Waals surface area contributed by atoms with E-state index in [0.717, 1.165) is 77.0 Å². The molecule has 9 heteroatoms. The molecule has 2 unspecified atom stereocenters. The fraction of sp³-hybridized carbons (Fsp3) is 0.803. The standard InChI is InChI=1S/C76H137NO8/c1-6-8-10-12-14-16-18-20-22-24-26-28-30-32-34-35-36-37-38-39-41-43-45-47-49-51-53-55-57-59-61-63-65-67-74(79)85-72(71-84-76(75(80)81)82-69-68-77(3,4)5)70-83-73(78)66-64-62-60-58-56-54-52-50-48-46-44-42-40-33-31-29-27-25-23-21-19-17-15-13-11-9-7-2/h8,10,14,16,20,22,26,28,32,34,36-37,72,76H,6-7,9,11-13,15,17-19,21,23-25,27,29-31,33,35,38-71H2,1-5H3/b10-8-,16-14-,22-20-,28-26-,34-32-,37-36-. The Bertz CT molecular complexity index is 1620. The summed E-state index contributed by atoms with van der Waals surface area (Å²) in [6.45, 7) is 4.69. The highest BCUT2D eigenvalue weighted by molar-refractivity contribution is 5.70. The zero-order valence-corrected chi connectivity index (χ0v) is 56.5. The van der Waals surface area contributed by atoms with E-state index in [1.165, 1.54) is 225 Å². The molecule has 0 bridgehead atoms. The quantitative estimate of drug-likeness (QED) is 0.0195. The maximum Gasteiger partial charge on any atom is 0.306 e.